The van der Waals surface area contributed by atoms with Crippen LogP contribution in [0.5, 0.6) is 0 Å². The second-order valence-corrected chi connectivity index (χ2v) is 6.24. The lowest BCUT2D eigenvalue weighted by Crippen LogP contribution is -2.33. The van der Waals surface area contributed by atoms with Crippen LogP contribution in [0.2, 0.25) is 0 Å². The molecule has 0 aromatic carbocycles. The van der Waals surface area contributed by atoms with Crippen LogP contribution in [0.1, 0.15) is 24.1 Å². The molecular formula is C14H25N3O2S. The number of aromatic nitrogens is 1. The van der Waals surface area contributed by atoms with E-state index in [-0.39, 0.29) is 0 Å². The van der Waals surface area contributed by atoms with Crippen LogP contribution in [-0.4, -0.2) is 51.5 Å². The van der Waals surface area contributed by atoms with Gasteiger partial charge in [-0.25, -0.2) is 4.98 Å². The molecule has 0 bridgehead atoms. The summed E-state index contributed by atoms with van der Waals surface area (Å²) >= 11 is 1.74. The van der Waals surface area contributed by atoms with Crippen molar-refractivity contribution in [2.75, 3.05) is 45.4 Å². The Kier molecular flexibility index (Phi) is 6.72. The molecule has 0 spiro atoms. The maximum Gasteiger partial charge on any atom is 0.185 e. The number of thiazole rings is 1. The third-order valence-corrected chi connectivity index (χ3v) is 4.51. The first-order valence-electron chi connectivity index (χ1n) is 7.26. The molecule has 1 unspecified atom stereocenters. The normalized spacial score (nSPS) is 19.2. The molecule has 1 fully saturated rings. The van der Waals surface area contributed by atoms with Gasteiger partial charge in [-0.1, -0.05) is 0 Å². The summed E-state index contributed by atoms with van der Waals surface area (Å²) < 4.78 is 10.8. The highest BCUT2D eigenvalue weighted by atomic mass is 32.1. The van der Waals surface area contributed by atoms with E-state index in [0.717, 1.165) is 38.0 Å². The molecule has 1 aliphatic rings. The largest absolute Gasteiger partial charge is 0.383 e. The van der Waals surface area contributed by atoms with Crippen LogP contribution < -0.4 is 10.2 Å². The third kappa shape index (κ3) is 5.01. The Morgan fingerprint density at radius 3 is 3.20 bits per heavy atom. The van der Waals surface area contributed by atoms with Gasteiger partial charge in [0.25, 0.3) is 0 Å². The van der Waals surface area contributed by atoms with Gasteiger partial charge in [0.1, 0.15) is 0 Å². The van der Waals surface area contributed by atoms with E-state index >= 15 is 0 Å². The van der Waals surface area contributed by atoms with Crippen LogP contribution in [0.4, 0.5) is 5.13 Å². The molecule has 2 heterocycles. The number of hydrogen-bond donors (Lipinski definition) is 1. The molecule has 0 radical (unpaired) electrons. The summed E-state index contributed by atoms with van der Waals surface area (Å²) in [6, 6.07) is 0. The molecule has 1 saturated heterocycles. The van der Waals surface area contributed by atoms with E-state index in [2.05, 4.69) is 22.2 Å². The third-order valence-electron chi connectivity index (χ3n) is 3.40. The highest BCUT2D eigenvalue weighted by Crippen LogP contribution is 2.23. The van der Waals surface area contributed by atoms with Crippen molar-refractivity contribution < 1.29 is 9.47 Å². The van der Waals surface area contributed by atoms with E-state index in [4.69, 9.17) is 9.47 Å². The first-order chi connectivity index (χ1) is 9.79. The van der Waals surface area contributed by atoms with Crippen LogP contribution in [-0.2, 0) is 16.0 Å². The monoisotopic (exact) mass is 299 g/mol. The number of rotatable bonds is 8. The topological polar surface area (TPSA) is 46.6 Å². The highest BCUT2D eigenvalue weighted by Gasteiger charge is 2.17. The average Bonchev–Trinajstić information content (AvgIpc) is 2.94. The standard InChI is InChI=1S/C14H25N3O2S/c1-17(11-12-5-3-4-7-19-12)14-16-10-13(20-14)9-15-6-8-18-2/h10,12,15H,3-9,11H2,1-2H3. The Labute approximate surface area is 125 Å². The molecule has 6 heteroatoms. The van der Waals surface area contributed by atoms with E-state index in [1.54, 1.807) is 18.4 Å². The summed E-state index contributed by atoms with van der Waals surface area (Å²) in [5.74, 6) is 0. The first kappa shape index (κ1) is 15.7. The minimum Gasteiger partial charge on any atom is -0.383 e. The predicted molar refractivity (Wildman–Crippen MR) is 82.6 cm³/mol. The number of ether oxygens (including phenoxy) is 2. The van der Waals surface area contributed by atoms with E-state index in [9.17, 15) is 0 Å². The fraction of sp³-hybridized carbons (Fsp3) is 0.786. The zero-order valence-electron chi connectivity index (χ0n) is 12.4. The van der Waals surface area contributed by atoms with Gasteiger partial charge in [0.15, 0.2) is 5.13 Å². The van der Waals surface area contributed by atoms with Gasteiger partial charge in [-0.3, -0.25) is 0 Å². The number of nitrogens with one attached hydrogen (secondary N) is 1. The van der Waals surface area contributed by atoms with Gasteiger partial charge in [0.2, 0.25) is 0 Å². The summed E-state index contributed by atoms with van der Waals surface area (Å²) in [5, 5.41) is 4.41. The van der Waals surface area contributed by atoms with Crippen molar-refractivity contribution in [1.29, 1.82) is 0 Å². The summed E-state index contributed by atoms with van der Waals surface area (Å²) in [6.07, 6.45) is 5.97. The molecule has 1 N–H and O–H groups in total. The van der Waals surface area contributed by atoms with E-state index in [1.807, 2.05) is 6.20 Å². The van der Waals surface area contributed by atoms with Gasteiger partial charge >= 0.3 is 0 Å². The van der Waals surface area contributed by atoms with Crippen molar-refractivity contribution in [2.24, 2.45) is 0 Å². The number of likely N-dealkylation sites (N-methyl/N-ethyl adjacent to an activating group) is 1. The Balaban J connectivity index is 1.75. The van der Waals surface area contributed by atoms with E-state index in [1.165, 1.54) is 24.1 Å². The first-order valence-corrected chi connectivity index (χ1v) is 8.08. The number of nitrogens with zero attached hydrogens (tertiary/aromatic N) is 2. The predicted octanol–water partition coefficient (Wildman–Crippen LogP) is 1.88. The average molecular weight is 299 g/mol. The van der Waals surface area contributed by atoms with Crippen LogP contribution in [0.25, 0.3) is 0 Å². The number of methoxy groups -OCH3 is 1. The summed E-state index contributed by atoms with van der Waals surface area (Å²) in [5.41, 5.74) is 0. The summed E-state index contributed by atoms with van der Waals surface area (Å²) in [7, 11) is 3.81. The van der Waals surface area contributed by atoms with E-state index in [0.29, 0.717) is 6.10 Å². The lowest BCUT2D eigenvalue weighted by Gasteiger charge is -2.27. The fourth-order valence-corrected chi connectivity index (χ4v) is 3.13. The molecule has 1 aromatic heterocycles. The second kappa shape index (κ2) is 8.56. The van der Waals surface area contributed by atoms with Crippen molar-refractivity contribution in [3.05, 3.63) is 11.1 Å². The minimum atomic E-state index is 0.362. The minimum absolute atomic E-state index is 0.362. The maximum atomic E-state index is 5.78. The van der Waals surface area contributed by atoms with Crippen molar-refractivity contribution in [3.63, 3.8) is 0 Å². The van der Waals surface area contributed by atoms with Gasteiger partial charge in [-0.15, -0.1) is 11.3 Å². The quantitative estimate of drug-likeness (QED) is 0.743. The zero-order chi connectivity index (χ0) is 14.2. The molecule has 114 valence electrons. The maximum absolute atomic E-state index is 5.78. The van der Waals surface area contributed by atoms with Gasteiger partial charge in [0, 0.05) is 51.5 Å². The number of hydrogen-bond acceptors (Lipinski definition) is 6. The lowest BCUT2D eigenvalue weighted by atomic mass is 10.1. The van der Waals surface area contributed by atoms with Gasteiger partial charge in [-0.2, -0.15) is 0 Å². The zero-order valence-corrected chi connectivity index (χ0v) is 13.2. The van der Waals surface area contributed by atoms with Crippen molar-refractivity contribution in [3.8, 4) is 0 Å². The number of anilines is 1. The molecule has 5 nitrogen and oxygen atoms in total. The van der Waals surface area contributed by atoms with Crippen LogP contribution in [0, 0.1) is 0 Å². The molecular weight excluding hydrogens is 274 g/mol. The Hall–Kier alpha value is -0.690. The molecule has 0 saturated carbocycles. The molecule has 0 amide bonds. The van der Waals surface area contributed by atoms with Crippen molar-refractivity contribution >= 4 is 16.5 Å². The molecule has 1 atom stereocenters. The Bertz CT molecular complexity index is 380. The highest BCUT2D eigenvalue weighted by molar-refractivity contribution is 7.15. The molecule has 0 aliphatic carbocycles. The van der Waals surface area contributed by atoms with Gasteiger partial charge in [-0.05, 0) is 19.3 Å². The summed E-state index contributed by atoms with van der Waals surface area (Å²) in [6.45, 7) is 4.31. The molecule has 2 rings (SSSR count). The van der Waals surface area contributed by atoms with Crippen molar-refractivity contribution in [2.45, 2.75) is 31.9 Å². The fourth-order valence-electron chi connectivity index (χ4n) is 2.28. The van der Waals surface area contributed by atoms with E-state index < -0.39 is 0 Å². The summed E-state index contributed by atoms with van der Waals surface area (Å²) in [4.78, 5) is 7.96. The molecule has 1 aromatic rings. The molecule has 1 aliphatic heterocycles. The Morgan fingerprint density at radius 2 is 2.45 bits per heavy atom. The Morgan fingerprint density at radius 1 is 1.55 bits per heavy atom. The SMILES string of the molecule is COCCNCc1cnc(N(C)CC2CCCCO2)s1. The second-order valence-electron chi connectivity index (χ2n) is 5.15. The van der Waals surface area contributed by atoms with Crippen molar-refractivity contribution in [1.82, 2.24) is 10.3 Å². The van der Waals surface area contributed by atoms with Crippen LogP contribution >= 0.6 is 11.3 Å². The van der Waals surface area contributed by atoms with Gasteiger partial charge in [0.05, 0.1) is 12.7 Å². The molecule has 20 heavy (non-hydrogen) atoms. The van der Waals surface area contributed by atoms with Crippen LogP contribution in [0.3, 0.4) is 0 Å². The van der Waals surface area contributed by atoms with Gasteiger partial charge < -0.3 is 19.7 Å². The smallest absolute Gasteiger partial charge is 0.185 e. The van der Waals surface area contributed by atoms with Crippen LogP contribution in [0.15, 0.2) is 6.20 Å². The lowest BCUT2D eigenvalue weighted by molar-refractivity contribution is 0.0216.